The summed E-state index contributed by atoms with van der Waals surface area (Å²) in [5, 5.41) is 3.92. The van der Waals surface area contributed by atoms with Crippen molar-refractivity contribution >= 4 is 29.1 Å². The predicted octanol–water partition coefficient (Wildman–Crippen LogP) is 3.06. The van der Waals surface area contributed by atoms with Crippen LogP contribution in [-0.4, -0.2) is 12.5 Å². The Balaban J connectivity index is 1.86. The Labute approximate surface area is 105 Å². The fourth-order valence-corrected chi connectivity index (χ4v) is 1.80. The summed E-state index contributed by atoms with van der Waals surface area (Å²) in [6.07, 6.45) is 2.85. The molecule has 0 heterocycles. The summed E-state index contributed by atoms with van der Waals surface area (Å²) in [6.45, 7) is 0.806. The number of nitrogens with one attached hydrogen (secondary N) is 1. The second-order valence-corrected chi connectivity index (χ2v) is 4.99. The lowest BCUT2D eigenvalue weighted by atomic mass is 10.1. The SMILES string of the molecule is O=C(Cc1ccc(Cl)c(Cl)c1)NCC1CC1. The number of rotatable bonds is 4. The van der Waals surface area contributed by atoms with E-state index in [-0.39, 0.29) is 5.91 Å². The van der Waals surface area contributed by atoms with Crippen LogP contribution in [0.2, 0.25) is 10.0 Å². The van der Waals surface area contributed by atoms with Gasteiger partial charge in [0.2, 0.25) is 5.91 Å². The molecule has 86 valence electrons. The summed E-state index contributed by atoms with van der Waals surface area (Å²) >= 11 is 11.7. The zero-order valence-corrected chi connectivity index (χ0v) is 10.3. The molecule has 0 saturated heterocycles. The molecule has 1 fully saturated rings. The molecule has 2 rings (SSSR count). The van der Waals surface area contributed by atoms with Gasteiger partial charge in [0.1, 0.15) is 0 Å². The van der Waals surface area contributed by atoms with Crippen LogP contribution >= 0.6 is 23.2 Å². The van der Waals surface area contributed by atoms with Gasteiger partial charge in [0.25, 0.3) is 0 Å². The lowest BCUT2D eigenvalue weighted by Crippen LogP contribution is -2.27. The highest BCUT2D eigenvalue weighted by molar-refractivity contribution is 6.42. The molecule has 1 N–H and O–H groups in total. The monoisotopic (exact) mass is 257 g/mol. The molecule has 1 amide bonds. The van der Waals surface area contributed by atoms with Crippen molar-refractivity contribution in [2.45, 2.75) is 19.3 Å². The van der Waals surface area contributed by atoms with Crippen molar-refractivity contribution < 1.29 is 4.79 Å². The Hall–Kier alpha value is -0.730. The molecule has 1 saturated carbocycles. The molecule has 0 atom stereocenters. The van der Waals surface area contributed by atoms with E-state index in [9.17, 15) is 4.79 Å². The molecule has 1 aliphatic carbocycles. The van der Waals surface area contributed by atoms with Crippen molar-refractivity contribution in [3.63, 3.8) is 0 Å². The van der Waals surface area contributed by atoms with E-state index in [4.69, 9.17) is 23.2 Å². The molecule has 0 aliphatic heterocycles. The summed E-state index contributed by atoms with van der Waals surface area (Å²) in [5.41, 5.74) is 0.891. The van der Waals surface area contributed by atoms with Gasteiger partial charge in [0.15, 0.2) is 0 Å². The van der Waals surface area contributed by atoms with Gasteiger partial charge in [0, 0.05) is 6.54 Å². The van der Waals surface area contributed by atoms with Crippen molar-refractivity contribution in [3.05, 3.63) is 33.8 Å². The van der Waals surface area contributed by atoms with Gasteiger partial charge in [-0.05, 0) is 36.5 Å². The van der Waals surface area contributed by atoms with Gasteiger partial charge in [-0.1, -0.05) is 29.3 Å². The maximum Gasteiger partial charge on any atom is 0.224 e. The number of amides is 1. The first-order valence-corrected chi connectivity index (χ1v) is 6.11. The van der Waals surface area contributed by atoms with Crippen LogP contribution in [0.4, 0.5) is 0 Å². The van der Waals surface area contributed by atoms with Gasteiger partial charge in [-0.15, -0.1) is 0 Å². The van der Waals surface area contributed by atoms with Crippen LogP contribution in [0.3, 0.4) is 0 Å². The minimum Gasteiger partial charge on any atom is -0.356 e. The summed E-state index contributed by atoms with van der Waals surface area (Å²) in [4.78, 5) is 11.6. The van der Waals surface area contributed by atoms with Crippen LogP contribution in [0, 0.1) is 5.92 Å². The fraction of sp³-hybridized carbons (Fsp3) is 0.417. The minimum atomic E-state index is 0.0466. The quantitative estimate of drug-likeness (QED) is 0.883. The van der Waals surface area contributed by atoms with Gasteiger partial charge in [-0.3, -0.25) is 4.79 Å². The standard InChI is InChI=1S/C12H13Cl2NO/c13-10-4-3-9(5-11(10)14)6-12(16)15-7-8-1-2-8/h3-5,8H,1-2,6-7H2,(H,15,16). The molecule has 4 heteroatoms. The van der Waals surface area contributed by atoms with E-state index in [1.165, 1.54) is 12.8 Å². The van der Waals surface area contributed by atoms with Crippen LogP contribution in [-0.2, 0) is 11.2 Å². The minimum absolute atomic E-state index is 0.0466. The van der Waals surface area contributed by atoms with E-state index < -0.39 is 0 Å². The Bertz CT molecular complexity index is 402. The van der Waals surface area contributed by atoms with Crippen LogP contribution in [0.5, 0.6) is 0 Å². The van der Waals surface area contributed by atoms with Gasteiger partial charge < -0.3 is 5.32 Å². The summed E-state index contributed by atoms with van der Waals surface area (Å²) in [5.74, 6) is 0.753. The number of carbonyl (C=O) groups excluding carboxylic acids is 1. The summed E-state index contributed by atoms with van der Waals surface area (Å²) in [6, 6.07) is 5.28. The van der Waals surface area contributed by atoms with Crippen LogP contribution in [0.25, 0.3) is 0 Å². The third-order valence-corrected chi connectivity index (χ3v) is 3.37. The molecule has 1 aliphatic rings. The largest absolute Gasteiger partial charge is 0.356 e. The maximum atomic E-state index is 11.6. The normalized spacial score (nSPS) is 14.9. The van der Waals surface area contributed by atoms with Crippen LogP contribution < -0.4 is 5.32 Å². The topological polar surface area (TPSA) is 29.1 Å². The molecule has 0 radical (unpaired) electrons. The van der Waals surface area contributed by atoms with Gasteiger partial charge >= 0.3 is 0 Å². The molecular weight excluding hydrogens is 245 g/mol. The van der Waals surface area contributed by atoms with Crippen molar-refractivity contribution in [3.8, 4) is 0 Å². The Morgan fingerprint density at radius 1 is 1.31 bits per heavy atom. The van der Waals surface area contributed by atoms with Crippen molar-refractivity contribution in [1.82, 2.24) is 5.32 Å². The van der Waals surface area contributed by atoms with E-state index >= 15 is 0 Å². The predicted molar refractivity (Wildman–Crippen MR) is 65.9 cm³/mol. The highest BCUT2D eigenvalue weighted by Crippen LogP contribution is 2.27. The second-order valence-electron chi connectivity index (χ2n) is 4.17. The van der Waals surface area contributed by atoms with Crippen molar-refractivity contribution in [1.29, 1.82) is 0 Å². The summed E-state index contributed by atoms with van der Waals surface area (Å²) < 4.78 is 0. The lowest BCUT2D eigenvalue weighted by Gasteiger charge is -2.05. The lowest BCUT2D eigenvalue weighted by molar-refractivity contribution is -0.120. The second kappa shape index (κ2) is 5.07. The third kappa shape index (κ3) is 3.39. The molecule has 0 bridgehead atoms. The average molecular weight is 258 g/mol. The van der Waals surface area contributed by atoms with E-state index in [0.29, 0.717) is 22.4 Å². The first-order chi connectivity index (χ1) is 7.65. The molecule has 2 nitrogen and oxygen atoms in total. The molecule has 1 aromatic rings. The van der Waals surface area contributed by atoms with Crippen molar-refractivity contribution in [2.24, 2.45) is 5.92 Å². The number of carbonyl (C=O) groups is 1. The first kappa shape index (κ1) is 11.7. The maximum absolute atomic E-state index is 11.6. The Morgan fingerprint density at radius 2 is 2.06 bits per heavy atom. The van der Waals surface area contributed by atoms with E-state index in [0.717, 1.165) is 12.1 Å². The van der Waals surface area contributed by atoms with Gasteiger partial charge in [-0.25, -0.2) is 0 Å². The highest BCUT2D eigenvalue weighted by atomic mass is 35.5. The number of halogens is 2. The first-order valence-electron chi connectivity index (χ1n) is 5.36. The average Bonchev–Trinajstić information content (AvgIpc) is 3.04. The van der Waals surface area contributed by atoms with E-state index in [2.05, 4.69) is 5.32 Å². The molecule has 16 heavy (non-hydrogen) atoms. The van der Waals surface area contributed by atoms with E-state index in [1.54, 1.807) is 12.1 Å². The zero-order chi connectivity index (χ0) is 11.5. The molecule has 1 aromatic carbocycles. The molecule has 0 unspecified atom stereocenters. The van der Waals surface area contributed by atoms with Gasteiger partial charge in [0.05, 0.1) is 16.5 Å². The van der Waals surface area contributed by atoms with Crippen LogP contribution in [0.15, 0.2) is 18.2 Å². The summed E-state index contributed by atoms with van der Waals surface area (Å²) in [7, 11) is 0. The number of benzene rings is 1. The van der Waals surface area contributed by atoms with E-state index in [1.807, 2.05) is 6.07 Å². The molecule has 0 aromatic heterocycles. The van der Waals surface area contributed by atoms with Crippen LogP contribution in [0.1, 0.15) is 18.4 Å². The van der Waals surface area contributed by atoms with Gasteiger partial charge in [-0.2, -0.15) is 0 Å². The Morgan fingerprint density at radius 3 is 2.69 bits per heavy atom. The third-order valence-electron chi connectivity index (χ3n) is 2.63. The number of hydrogen-bond acceptors (Lipinski definition) is 1. The highest BCUT2D eigenvalue weighted by Gasteiger charge is 2.21. The Kier molecular flexibility index (Phi) is 3.72. The number of hydrogen-bond donors (Lipinski definition) is 1. The fourth-order valence-electron chi connectivity index (χ4n) is 1.48. The molecule has 0 spiro atoms. The molecular formula is C12H13Cl2NO. The van der Waals surface area contributed by atoms with Crippen molar-refractivity contribution in [2.75, 3.05) is 6.54 Å². The zero-order valence-electron chi connectivity index (χ0n) is 8.80. The smallest absolute Gasteiger partial charge is 0.224 e.